The Morgan fingerprint density at radius 2 is 2.13 bits per heavy atom. The smallest absolute Gasteiger partial charge is 0.0950 e. The van der Waals surface area contributed by atoms with Crippen molar-refractivity contribution in [1.82, 2.24) is 10.2 Å². The molecular weight excluding hydrogens is 186 g/mol. The second kappa shape index (κ2) is 6.81. The molecule has 3 nitrogen and oxygen atoms in total. The molecule has 0 saturated heterocycles. The molecule has 1 unspecified atom stereocenters. The first-order valence-corrected chi connectivity index (χ1v) is 6.11. The molecule has 0 aliphatic heterocycles. The Bertz CT molecular complexity index is 203. The van der Waals surface area contributed by atoms with Gasteiger partial charge >= 0.3 is 0 Å². The molecular formula is C12H23N3. The van der Waals surface area contributed by atoms with Crippen LogP contribution in [0.4, 0.5) is 0 Å². The predicted molar refractivity (Wildman–Crippen MR) is 62.6 cm³/mol. The zero-order chi connectivity index (χ0) is 11.1. The summed E-state index contributed by atoms with van der Waals surface area (Å²) in [4.78, 5) is 2.43. The fourth-order valence-corrected chi connectivity index (χ4v) is 2.22. The van der Waals surface area contributed by atoms with Crippen molar-refractivity contribution in [3.05, 3.63) is 0 Å². The summed E-state index contributed by atoms with van der Waals surface area (Å²) in [5.74, 6) is 0. The summed E-state index contributed by atoms with van der Waals surface area (Å²) in [6.45, 7) is 4.03. The number of hydrogen-bond acceptors (Lipinski definition) is 3. The fourth-order valence-electron chi connectivity index (χ4n) is 2.22. The van der Waals surface area contributed by atoms with Crippen LogP contribution in [0.5, 0.6) is 0 Å². The fraction of sp³-hybridized carbons (Fsp3) is 0.917. The zero-order valence-electron chi connectivity index (χ0n) is 10.00. The van der Waals surface area contributed by atoms with Gasteiger partial charge in [0.1, 0.15) is 0 Å². The third-order valence-corrected chi connectivity index (χ3v) is 3.37. The number of nitriles is 1. The van der Waals surface area contributed by atoms with E-state index < -0.39 is 0 Å². The molecule has 1 aliphatic rings. The van der Waals surface area contributed by atoms with Crippen LogP contribution in [0.3, 0.4) is 0 Å². The maximum absolute atomic E-state index is 8.78. The molecule has 1 rings (SSSR count). The molecule has 0 aromatic carbocycles. The van der Waals surface area contributed by atoms with Gasteiger partial charge in [0.25, 0.3) is 0 Å². The second-order valence-corrected chi connectivity index (χ2v) is 4.46. The predicted octanol–water partition coefficient (Wildman–Crippen LogP) is 1.75. The van der Waals surface area contributed by atoms with Crippen molar-refractivity contribution in [2.45, 2.75) is 51.1 Å². The number of likely N-dealkylation sites (N-methyl/N-ethyl adjacent to an activating group) is 1. The lowest BCUT2D eigenvalue weighted by Gasteiger charge is -2.24. The minimum Gasteiger partial charge on any atom is -0.302 e. The summed E-state index contributed by atoms with van der Waals surface area (Å²) >= 11 is 0. The monoisotopic (exact) mass is 209 g/mol. The summed E-state index contributed by atoms with van der Waals surface area (Å²) in [5.41, 5.74) is 0. The number of nitrogens with one attached hydrogen (secondary N) is 1. The molecule has 1 aliphatic carbocycles. The standard InChI is InChI=1S/C12H23N3/c1-3-11(10-13)14-8-9-15(2)12-6-4-5-7-12/h11-12,14H,3-9H2,1-2H3. The van der Waals surface area contributed by atoms with Crippen molar-refractivity contribution in [2.24, 2.45) is 0 Å². The minimum absolute atomic E-state index is 0.0296. The van der Waals surface area contributed by atoms with E-state index in [1.807, 2.05) is 6.92 Å². The third kappa shape index (κ3) is 4.19. The van der Waals surface area contributed by atoms with E-state index in [-0.39, 0.29) is 6.04 Å². The van der Waals surface area contributed by atoms with Crippen molar-refractivity contribution in [2.75, 3.05) is 20.1 Å². The molecule has 0 aromatic heterocycles. The molecule has 0 radical (unpaired) electrons. The Morgan fingerprint density at radius 3 is 2.67 bits per heavy atom. The largest absolute Gasteiger partial charge is 0.302 e. The Balaban J connectivity index is 2.11. The van der Waals surface area contributed by atoms with Gasteiger partial charge in [-0.25, -0.2) is 0 Å². The zero-order valence-corrected chi connectivity index (χ0v) is 10.00. The lowest BCUT2D eigenvalue weighted by Crippen LogP contribution is -2.38. The maximum atomic E-state index is 8.78. The van der Waals surface area contributed by atoms with E-state index in [4.69, 9.17) is 5.26 Å². The summed E-state index contributed by atoms with van der Waals surface area (Å²) < 4.78 is 0. The Morgan fingerprint density at radius 1 is 1.47 bits per heavy atom. The van der Waals surface area contributed by atoms with Crippen LogP contribution in [0, 0.1) is 11.3 Å². The van der Waals surface area contributed by atoms with Crippen LogP contribution in [0.1, 0.15) is 39.0 Å². The van der Waals surface area contributed by atoms with Crippen molar-refractivity contribution in [3.8, 4) is 6.07 Å². The third-order valence-electron chi connectivity index (χ3n) is 3.37. The molecule has 0 amide bonds. The Hall–Kier alpha value is -0.590. The highest BCUT2D eigenvalue weighted by atomic mass is 15.1. The minimum atomic E-state index is 0.0296. The molecule has 3 heteroatoms. The van der Waals surface area contributed by atoms with Gasteiger partial charge in [-0.3, -0.25) is 0 Å². The first-order valence-electron chi connectivity index (χ1n) is 6.11. The average molecular weight is 209 g/mol. The van der Waals surface area contributed by atoms with Crippen LogP contribution in [0.15, 0.2) is 0 Å². The molecule has 1 fully saturated rings. The van der Waals surface area contributed by atoms with Gasteiger partial charge in [-0.1, -0.05) is 19.8 Å². The quantitative estimate of drug-likeness (QED) is 0.724. The van der Waals surface area contributed by atoms with Crippen molar-refractivity contribution < 1.29 is 0 Å². The SMILES string of the molecule is CCC(C#N)NCCN(C)C1CCCC1. The van der Waals surface area contributed by atoms with Gasteiger partial charge < -0.3 is 10.2 Å². The lowest BCUT2D eigenvalue weighted by molar-refractivity contribution is 0.244. The van der Waals surface area contributed by atoms with E-state index in [0.29, 0.717) is 0 Å². The summed E-state index contributed by atoms with van der Waals surface area (Å²) in [6, 6.07) is 3.08. The molecule has 15 heavy (non-hydrogen) atoms. The molecule has 1 saturated carbocycles. The van der Waals surface area contributed by atoms with Gasteiger partial charge in [0, 0.05) is 19.1 Å². The first kappa shape index (κ1) is 12.5. The van der Waals surface area contributed by atoms with E-state index in [1.165, 1.54) is 25.7 Å². The number of hydrogen-bond donors (Lipinski definition) is 1. The van der Waals surface area contributed by atoms with Gasteiger partial charge in [-0.15, -0.1) is 0 Å². The lowest BCUT2D eigenvalue weighted by atomic mass is 10.2. The highest BCUT2D eigenvalue weighted by molar-refractivity contribution is 4.88. The number of nitrogens with zero attached hydrogens (tertiary/aromatic N) is 2. The van der Waals surface area contributed by atoms with E-state index in [2.05, 4.69) is 23.3 Å². The molecule has 0 heterocycles. The van der Waals surface area contributed by atoms with E-state index in [9.17, 15) is 0 Å². The van der Waals surface area contributed by atoms with Crippen LogP contribution in [0.2, 0.25) is 0 Å². The summed E-state index contributed by atoms with van der Waals surface area (Å²) in [7, 11) is 2.20. The first-order chi connectivity index (χ1) is 7.27. The van der Waals surface area contributed by atoms with Crippen molar-refractivity contribution in [3.63, 3.8) is 0 Å². The van der Waals surface area contributed by atoms with Gasteiger partial charge in [0.15, 0.2) is 0 Å². The molecule has 0 spiro atoms. The van der Waals surface area contributed by atoms with Crippen LogP contribution in [-0.4, -0.2) is 37.1 Å². The highest BCUT2D eigenvalue weighted by Gasteiger charge is 2.18. The van der Waals surface area contributed by atoms with E-state index >= 15 is 0 Å². The normalized spacial score (nSPS) is 19.3. The van der Waals surface area contributed by atoms with Crippen LogP contribution < -0.4 is 5.32 Å². The van der Waals surface area contributed by atoms with Gasteiger partial charge in [0.05, 0.1) is 12.1 Å². The van der Waals surface area contributed by atoms with Crippen molar-refractivity contribution in [1.29, 1.82) is 5.26 Å². The summed E-state index contributed by atoms with van der Waals surface area (Å²) in [5, 5.41) is 12.0. The van der Waals surface area contributed by atoms with Gasteiger partial charge in [-0.05, 0) is 26.3 Å². The van der Waals surface area contributed by atoms with Gasteiger partial charge in [0.2, 0.25) is 0 Å². The van der Waals surface area contributed by atoms with Crippen molar-refractivity contribution >= 4 is 0 Å². The Labute approximate surface area is 93.5 Å². The number of rotatable bonds is 6. The van der Waals surface area contributed by atoms with Crippen LogP contribution >= 0.6 is 0 Å². The molecule has 0 bridgehead atoms. The average Bonchev–Trinajstić information content (AvgIpc) is 2.77. The molecule has 0 aromatic rings. The van der Waals surface area contributed by atoms with E-state index in [0.717, 1.165) is 25.6 Å². The van der Waals surface area contributed by atoms with Crippen LogP contribution in [0.25, 0.3) is 0 Å². The second-order valence-electron chi connectivity index (χ2n) is 4.46. The summed E-state index contributed by atoms with van der Waals surface area (Å²) in [6.07, 6.45) is 6.37. The Kier molecular flexibility index (Phi) is 5.67. The van der Waals surface area contributed by atoms with E-state index in [1.54, 1.807) is 0 Å². The molecule has 1 atom stereocenters. The molecule has 1 N–H and O–H groups in total. The maximum Gasteiger partial charge on any atom is 0.0950 e. The highest BCUT2D eigenvalue weighted by Crippen LogP contribution is 2.21. The van der Waals surface area contributed by atoms with Crippen LogP contribution in [-0.2, 0) is 0 Å². The molecule has 86 valence electrons. The van der Waals surface area contributed by atoms with Gasteiger partial charge in [-0.2, -0.15) is 5.26 Å². The topological polar surface area (TPSA) is 39.1 Å².